The minimum absolute atomic E-state index is 0.126. The summed E-state index contributed by atoms with van der Waals surface area (Å²) >= 11 is 20.2. The van der Waals surface area contributed by atoms with E-state index in [1.54, 1.807) is 42.5 Å². The Hall–Kier alpha value is -2.44. The van der Waals surface area contributed by atoms with Crippen LogP contribution in [0, 0.1) is 14.9 Å². The van der Waals surface area contributed by atoms with Gasteiger partial charge in [-0.2, -0.15) is 5.26 Å². The Bertz CT molecular complexity index is 1230. The van der Waals surface area contributed by atoms with E-state index in [-0.39, 0.29) is 21.3 Å². The Morgan fingerprint density at radius 3 is 2.39 bits per heavy atom. The van der Waals surface area contributed by atoms with Gasteiger partial charge in [-0.1, -0.05) is 53.0 Å². The smallest absolute Gasteiger partial charge is 0.266 e. The number of hydrogen-bond acceptors (Lipinski definition) is 4. The van der Waals surface area contributed by atoms with Crippen LogP contribution in [0.2, 0.25) is 15.1 Å². The van der Waals surface area contributed by atoms with Crippen LogP contribution < -0.4 is 14.8 Å². The highest BCUT2D eigenvalue weighted by molar-refractivity contribution is 14.1. The molecule has 0 spiro atoms. The van der Waals surface area contributed by atoms with Crippen LogP contribution >= 0.6 is 57.4 Å². The third kappa shape index (κ3) is 6.55. The molecule has 0 radical (unpaired) electrons. The highest BCUT2D eigenvalue weighted by Gasteiger charge is 2.16. The molecule has 0 saturated heterocycles. The van der Waals surface area contributed by atoms with Crippen molar-refractivity contribution in [2.24, 2.45) is 0 Å². The summed E-state index contributed by atoms with van der Waals surface area (Å²) in [6.45, 7) is 0.323. The number of benzene rings is 3. The van der Waals surface area contributed by atoms with E-state index in [0.29, 0.717) is 28.7 Å². The number of nitrogens with one attached hydrogen (secondary N) is 1. The van der Waals surface area contributed by atoms with Crippen molar-refractivity contribution < 1.29 is 14.3 Å². The molecule has 0 aliphatic rings. The molecule has 3 rings (SSSR count). The average molecular weight is 614 g/mol. The molecule has 1 N–H and O–H groups in total. The van der Waals surface area contributed by atoms with Crippen LogP contribution in [-0.2, 0) is 11.4 Å². The second-order valence-corrected chi connectivity index (χ2v) is 9.08. The minimum atomic E-state index is -0.635. The van der Waals surface area contributed by atoms with Gasteiger partial charge in [-0.05, 0) is 76.2 Å². The van der Waals surface area contributed by atoms with Crippen molar-refractivity contribution in [2.75, 3.05) is 12.4 Å². The lowest BCUT2D eigenvalue weighted by molar-refractivity contribution is -0.112. The number of rotatable bonds is 7. The summed E-state index contributed by atoms with van der Waals surface area (Å²) in [5.74, 6) is 0.384. The summed E-state index contributed by atoms with van der Waals surface area (Å²) in [5.41, 5.74) is 1.65. The topological polar surface area (TPSA) is 71.3 Å². The zero-order chi connectivity index (χ0) is 24.0. The number of nitriles is 1. The van der Waals surface area contributed by atoms with Gasteiger partial charge in [-0.25, -0.2) is 0 Å². The number of ether oxygens (including phenoxy) is 2. The first kappa shape index (κ1) is 25.2. The maximum absolute atomic E-state index is 12.7. The number of hydrogen-bond donors (Lipinski definition) is 1. The van der Waals surface area contributed by atoms with Gasteiger partial charge in [0, 0.05) is 5.02 Å². The van der Waals surface area contributed by atoms with E-state index in [2.05, 4.69) is 27.9 Å². The maximum Gasteiger partial charge on any atom is 0.266 e. The van der Waals surface area contributed by atoms with Gasteiger partial charge in [0.05, 0.1) is 26.4 Å². The summed E-state index contributed by atoms with van der Waals surface area (Å²) in [5, 5.41) is 13.3. The van der Waals surface area contributed by atoms with E-state index < -0.39 is 5.91 Å². The van der Waals surface area contributed by atoms with Gasteiger partial charge in [0.2, 0.25) is 0 Å². The zero-order valence-corrected chi connectivity index (χ0v) is 21.6. The second-order valence-electron chi connectivity index (χ2n) is 6.67. The molecule has 3 aromatic carbocycles. The van der Waals surface area contributed by atoms with Crippen molar-refractivity contribution in [1.29, 1.82) is 5.26 Å². The fraction of sp³-hybridized carbons (Fsp3) is 0.0833. The fourth-order valence-corrected chi connectivity index (χ4v) is 4.21. The molecule has 0 bridgehead atoms. The molecule has 0 aromatic heterocycles. The lowest BCUT2D eigenvalue weighted by Crippen LogP contribution is -2.14. The van der Waals surface area contributed by atoms with Crippen molar-refractivity contribution in [1.82, 2.24) is 0 Å². The molecule has 0 aliphatic carbocycles. The molecular formula is C24H16Cl3IN2O3. The predicted octanol–water partition coefficient (Wildman–Crippen LogP) is 7.38. The monoisotopic (exact) mass is 612 g/mol. The summed E-state index contributed by atoms with van der Waals surface area (Å²) < 4.78 is 12.2. The third-order valence-corrected chi connectivity index (χ3v) is 6.11. The number of amides is 1. The van der Waals surface area contributed by atoms with E-state index >= 15 is 0 Å². The average Bonchev–Trinajstić information content (AvgIpc) is 2.79. The standard InChI is InChI=1S/C24H16Cl3IN2O3/c1-32-21-11-15(10-20(28)23(21)33-13-14-5-7-17(25)8-6-14)9-16(12-29)24(31)30-22-18(26)3-2-4-19(22)27/h2-11H,13H2,1H3,(H,30,31)/b16-9+. The van der Waals surface area contributed by atoms with Gasteiger partial charge in [-0.3, -0.25) is 4.79 Å². The molecule has 0 unspecified atom stereocenters. The highest BCUT2D eigenvalue weighted by atomic mass is 127. The molecule has 0 atom stereocenters. The van der Waals surface area contributed by atoms with E-state index in [1.165, 1.54) is 13.2 Å². The molecule has 0 heterocycles. The van der Waals surface area contributed by atoms with Crippen LogP contribution in [0.3, 0.4) is 0 Å². The SMILES string of the molecule is COc1cc(/C=C(\C#N)C(=O)Nc2c(Cl)cccc2Cl)cc(I)c1OCc1ccc(Cl)cc1. The number of halogens is 4. The van der Waals surface area contributed by atoms with Crippen molar-refractivity contribution in [3.8, 4) is 17.6 Å². The zero-order valence-electron chi connectivity index (χ0n) is 17.2. The van der Waals surface area contributed by atoms with Gasteiger partial charge < -0.3 is 14.8 Å². The number of methoxy groups -OCH3 is 1. The van der Waals surface area contributed by atoms with Crippen LogP contribution in [-0.4, -0.2) is 13.0 Å². The summed E-state index contributed by atoms with van der Waals surface area (Å²) in [7, 11) is 1.52. The van der Waals surface area contributed by atoms with Crippen molar-refractivity contribution in [2.45, 2.75) is 6.61 Å². The summed E-state index contributed by atoms with van der Waals surface area (Å²) in [6, 6.07) is 17.6. The first-order valence-electron chi connectivity index (χ1n) is 9.44. The fourth-order valence-electron chi connectivity index (χ4n) is 2.81. The maximum atomic E-state index is 12.7. The van der Waals surface area contributed by atoms with Crippen molar-refractivity contribution in [3.63, 3.8) is 0 Å². The van der Waals surface area contributed by atoms with Crippen LogP contribution in [0.15, 0.2) is 60.2 Å². The Morgan fingerprint density at radius 2 is 1.79 bits per heavy atom. The second kappa shape index (κ2) is 11.6. The van der Waals surface area contributed by atoms with Gasteiger partial charge in [0.25, 0.3) is 5.91 Å². The van der Waals surface area contributed by atoms with Crippen molar-refractivity contribution in [3.05, 3.63) is 89.9 Å². The van der Waals surface area contributed by atoms with Crippen LogP contribution in [0.5, 0.6) is 11.5 Å². The molecular weight excluding hydrogens is 598 g/mol. The molecule has 0 fully saturated rings. The predicted molar refractivity (Wildman–Crippen MR) is 140 cm³/mol. The van der Waals surface area contributed by atoms with Crippen LogP contribution in [0.25, 0.3) is 6.08 Å². The normalized spacial score (nSPS) is 11.0. The van der Waals surface area contributed by atoms with Crippen molar-refractivity contribution >= 4 is 75.1 Å². The molecule has 3 aromatic rings. The van der Waals surface area contributed by atoms with Crippen LogP contribution in [0.4, 0.5) is 5.69 Å². The Balaban J connectivity index is 1.84. The quantitative estimate of drug-likeness (QED) is 0.172. The van der Waals surface area contributed by atoms with Gasteiger partial charge >= 0.3 is 0 Å². The molecule has 0 aliphatic heterocycles. The van der Waals surface area contributed by atoms with Crippen LogP contribution in [0.1, 0.15) is 11.1 Å². The Labute approximate surface area is 220 Å². The summed E-state index contributed by atoms with van der Waals surface area (Å²) in [4.78, 5) is 12.7. The van der Waals surface area contributed by atoms with Gasteiger partial charge in [-0.15, -0.1) is 0 Å². The minimum Gasteiger partial charge on any atom is -0.493 e. The molecule has 0 saturated carbocycles. The lowest BCUT2D eigenvalue weighted by atomic mass is 10.1. The Morgan fingerprint density at radius 1 is 1.12 bits per heavy atom. The van der Waals surface area contributed by atoms with E-state index in [1.807, 2.05) is 18.2 Å². The van der Waals surface area contributed by atoms with Gasteiger partial charge in [0.1, 0.15) is 18.2 Å². The van der Waals surface area contributed by atoms with Gasteiger partial charge in [0.15, 0.2) is 11.5 Å². The lowest BCUT2D eigenvalue weighted by Gasteiger charge is -2.14. The summed E-state index contributed by atoms with van der Waals surface area (Å²) in [6.07, 6.45) is 1.45. The first-order valence-corrected chi connectivity index (χ1v) is 11.7. The molecule has 1 amide bonds. The molecule has 9 heteroatoms. The molecule has 5 nitrogen and oxygen atoms in total. The first-order chi connectivity index (χ1) is 15.8. The highest BCUT2D eigenvalue weighted by Crippen LogP contribution is 2.35. The molecule has 33 heavy (non-hydrogen) atoms. The van der Waals surface area contributed by atoms with E-state index in [9.17, 15) is 10.1 Å². The van der Waals surface area contributed by atoms with E-state index in [4.69, 9.17) is 44.3 Å². The molecule has 168 valence electrons. The largest absolute Gasteiger partial charge is 0.493 e. The number of nitrogens with zero attached hydrogens (tertiary/aromatic N) is 1. The number of carbonyl (C=O) groups excluding carboxylic acids is 1. The Kier molecular flexibility index (Phi) is 8.87. The number of para-hydroxylation sites is 1. The number of anilines is 1. The van der Waals surface area contributed by atoms with E-state index in [0.717, 1.165) is 9.13 Å². The third-order valence-electron chi connectivity index (χ3n) is 4.43. The number of carbonyl (C=O) groups is 1.